The highest BCUT2D eigenvalue weighted by atomic mass is 32.2. The molecule has 1 aromatic rings. The first-order chi connectivity index (χ1) is 13.4. The normalized spacial score (nSPS) is 11.5. The topological polar surface area (TPSA) is 109 Å². The van der Waals surface area contributed by atoms with Gasteiger partial charge in [0.15, 0.2) is 0 Å². The Kier molecular flexibility index (Phi) is 12.5. The Morgan fingerprint density at radius 2 is 1.64 bits per heavy atom. The molecule has 1 rings (SSSR count). The van der Waals surface area contributed by atoms with Crippen LogP contribution in [0.1, 0.15) is 75.7 Å². The lowest BCUT2D eigenvalue weighted by Gasteiger charge is -2.03. The number of aromatic nitrogens is 2. The van der Waals surface area contributed by atoms with Crippen LogP contribution in [0.25, 0.3) is 0 Å². The van der Waals surface area contributed by atoms with E-state index < -0.39 is 10.1 Å². The number of hydrogen-bond acceptors (Lipinski definition) is 5. The third-order valence-corrected chi connectivity index (χ3v) is 5.30. The zero-order valence-electron chi connectivity index (χ0n) is 16.7. The highest BCUT2D eigenvalue weighted by molar-refractivity contribution is 7.85. The molecule has 0 unspecified atom stereocenters. The van der Waals surface area contributed by atoms with Gasteiger partial charge < -0.3 is 9.72 Å². The molecule has 0 amide bonds. The van der Waals surface area contributed by atoms with Crippen LogP contribution < -0.4 is 0 Å². The predicted octanol–water partition coefficient (Wildman–Crippen LogP) is 4.01. The summed E-state index contributed by atoms with van der Waals surface area (Å²) in [6, 6.07) is 0. The number of nitrogens with zero attached hydrogens (tertiary/aromatic N) is 1. The van der Waals surface area contributed by atoms with Gasteiger partial charge in [-0.2, -0.15) is 8.42 Å². The lowest BCUT2D eigenvalue weighted by atomic mass is 10.1. The molecule has 0 radical (unpaired) electrons. The maximum absolute atomic E-state index is 10.9. The van der Waals surface area contributed by atoms with E-state index in [0.29, 0.717) is 19.4 Å². The molecule has 1 heterocycles. The van der Waals surface area contributed by atoms with Gasteiger partial charge in [0.2, 0.25) is 0 Å². The maximum Gasteiger partial charge on any atom is 0.330 e. The van der Waals surface area contributed by atoms with E-state index in [1.165, 1.54) is 44.6 Å². The molecule has 0 fully saturated rings. The molecule has 2 N–H and O–H groups in total. The number of nitrogens with one attached hydrogen (secondary N) is 1. The van der Waals surface area contributed by atoms with Gasteiger partial charge in [0.1, 0.15) is 5.82 Å². The Bertz CT molecular complexity index is 670. The molecule has 0 aliphatic heterocycles. The fourth-order valence-corrected chi connectivity index (χ4v) is 3.48. The predicted molar refractivity (Wildman–Crippen MR) is 110 cm³/mol. The summed E-state index contributed by atoms with van der Waals surface area (Å²) < 4.78 is 35.0. The molecule has 0 saturated carbocycles. The molecule has 1 aromatic heterocycles. The summed E-state index contributed by atoms with van der Waals surface area (Å²) in [7, 11) is -3.89. The number of H-pyrrole nitrogens is 1. The monoisotopic (exact) mass is 414 g/mol. The third kappa shape index (κ3) is 13.5. The van der Waals surface area contributed by atoms with Crippen LogP contribution in [0.5, 0.6) is 0 Å². The smallest absolute Gasteiger partial charge is 0.330 e. The van der Waals surface area contributed by atoms with Gasteiger partial charge in [-0.15, -0.1) is 0 Å². The number of carbonyl (C=O) groups excluding carboxylic acids is 1. The van der Waals surface area contributed by atoms with E-state index in [9.17, 15) is 13.2 Å². The number of unbranched alkanes of at least 4 members (excludes halogenated alkanes) is 8. The summed E-state index contributed by atoms with van der Waals surface area (Å²) in [6.07, 6.45) is 15.3. The number of hydrogen-bond donors (Lipinski definition) is 2. The van der Waals surface area contributed by atoms with Crippen molar-refractivity contribution >= 4 is 16.1 Å². The molecule has 7 nitrogen and oxygen atoms in total. The molecule has 0 saturated heterocycles. The van der Waals surface area contributed by atoms with E-state index in [2.05, 4.69) is 16.5 Å². The molecule has 0 aromatic carbocycles. The molecule has 0 aliphatic rings. The van der Waals surface area contributed by atoms with Gasteiger partial charge in [-0.25, -0.2) is 9.78 Å². The Hall–Kier alpha value is -1.67. The standard InChI is InChI=1S/C20H34N2O5S/c1-2-20(23)27-15-11-9-7-5-3-4-6-8-10-13-18-17-21-19(22-18)14-12-16-28(24,25)26/h2,17H,1,3-16H2,(H,21,22)(H,24,25,26). The molecular weight excluding hydrogens is 380 g/mol. The minimum atomic E-state index is -3.89. The highest BCUT2D eigenvalue weighted by Gasteiger charge is 2.06. The summed E-state index contributed by atoms with van der Waals surface area (Å²) in [6.45, 7) is 3.85. The van der Waals surface area contributed by atoms with Gasteiger partial charge >= 0.3 is 5.97 Å². The molecule has 28 heavy (non-hydrogen) atoms. The van der Waals surface area contributed by atoms with E-state index >= 15 is 0 Å². The van der Waals surface area contributed by atoms with E-state index in [0.717, 1.165) is 37.2 Å². The second kappa shape index (κ2) is 14.3. The van der Waals surface area contributed by atoms with E-state index in [1.54, 1.807) is 0 Å². The van der Waals surface area contributed by atoms with Crippen LogP contribution in [0.4, 0.5) is 0 Å². The SMILES string of the molecule is C=CC(=O)OCCCCCCCCCCCc1cnc(CCCS(=O)(=O)O)[nH]1. The number of imidazole rings is 1. The van der Waals surface area contributed by atoms with Crippen LogP contribution in [0.15, 0.2) is 18.9 Å². The Labute approximate surface area is 168 Å². The number of esters is 1. The lowest BCUT2D eigenvalue weighted by Crippen LogP contribution is -2.05. The van der Waals surface area contributed by atoms with Crippen molar-refractivity contribution in [3.8, 4) is 0 Å². The summed E-state index contributed by atoms with van der Waals surface area (Å²) in [5, 5.41) is 0. The summed E-state index contributed by atoms with van der Waals surface area (Å²) >= 11 is 0. The van der Waals surface area contributed by atoms with Gasteiger partial charge in [0.05, 0.1) is 12.4 Å². The quantitative estimate of drug-likeness (QED) is 0.172. The van der Waals surface area contributed by atoms with Crippen LogP contribution in [0.3, 0.4) is 0 Å². The highest BCUT2D eigenvalue weighted by Crippen LogP contribution is 2.12. The summed E-state index contributed by atoms with van der Waals surface area (Å²) in [4.78, 5) is 18.3. The van der Waals surface area contributed by atoms with Crippen LogP contribution in [-0.4, -0.2) is 41.3 Å². The van der Waals surface area contributed by atoms with Crippen LogP contribution in [0.2, 0.25) is 0 Å². The number of rotatable bonds is 17. The third-order valence-electron chi connectivity index (χ3n) is 4.50. The van der Waals surface area contributed by atoms with Crippen LogP contribution >= 0.6 is 0 Å². The van der Waals surface area contributed by atoms with Gasteiger partial charge in [-0.05, 0) is 25.7 Å². The van der Waals surface area contributed by atoms with Crippen molar-refractivity contribution in [1.82, 2.24) is 9.97 Å². The molecule has 0 atom stereocenters. The van der Waals surface area contributed by atoms with Gasteiger partial charge in [0.25, 0.3) is 10.1 Å². The maximum atomic E-state index is 10.9. The summed E-state index contributed by atoms with van der Waals surface area (Å²) in [5.74, 6) is 0.202. The number of carbonyl (C=O) groups is 1. The second-order valence-electron chi connectivity index (χ2n) is 7.05. The van der Waals surface area contributed by atoms with Crippen molar-refractivity contribution in [3.05, 3.63) is 30.4 Å². The van der Waals surface area contributed by atoms with Crippen LogP contribution in [0, 0.1) is 0 Å². The first-order valence-corrected chi connectivity index (χ1v) is 11.8. The average Bonchev–Trinajstić information content (AvgIpc) is 3.09. The lowest BCUT2D eigenvalue weighted by molar-refractivity contribution is -0.137. The fourth-order valence-electron chi connectivity index (χ4n) is 2.97. The van der Waals surface area contributed by atoms with Crippen LogP contribution in [-0.2, 0) is 32.5 Å². The first-order valence-electron chi connectivity index (χ1n) is 10.2. The zero-order chi connectivity index (χ0) is 20.7. The molecule has 0 aliphatic carbocycles. The van der Waals surface area contributed by atoms with Gasteiger partial charge in [-0.1, -0.05) is 51.5 Å². The molecule has 0 spiro atoms. The number of ether oxygens (including phenoxy) is 1. The minimum Gasteiger partial charge on any atom is -0.463 e. The average molecular weight is 415 g/mol. The Balaban J connectivity index is 1.92. The molecule has 0 bridgehead atoms. The Morgan fingerprint density at radius 1 is 1.04 bits per heavy atom. The van der Waals surface area contributed by atoms with Crippen molar-refractivity contribution in [1.29, 1.82) is 0 Å². The van der Waals surface area contributed by atoms with Crippen molar-refractivity contribution in [3.63, 3.8) is 0 Å². The minimum absolute atomic E-state index is 0.230. The van der Waals surface area contributed by atoms with Gasteiger partial charge in [0, 0.05) is 24.4 Å². The van der Waals surface area contributed by atoms with E-state index in [4.69, 9.17) is 9.29 Å². The molecule has 160 valence electrons. The molecule has 8 heteroatoms. The van der Waals surface area contributed by atoms with Crippen molar-refractivity contribution in [2.45, 2.75) is 77.0 Å². The fraction of sp³-hybridized carbons (Fsp3) is 0.700. The Morgan fingerprint density at radius 3 is 2.25 bits per heavy atom. The second-order valence-corrected chi connectivity index (χ2v) is 8.62. The van der Waals surface area contributed by atoms with Crippen molar-refractivity contribution < 1.29 is 22.5 Å². The largest absolute Gasteiger partial charge is 0.463 e. The van der Waals surface area contributed by atoms with Gasteiger partial charge in [-0.3, -0.25) is 4.55 Å². The van der Waals surface area contributed by atoms with E-state index in [-0.39, 0.29) is 11.7 Å². The van der Waals surface area contributed by atoms with E-state index in [1.807, 2.05) is 6.20 Å². The number of aryl methyl sites for hydroxylation is 2. The first kappa shape index (κ1) is 24.4. The van der Waals surface area contributed by atoms with Crippen molar-refractivity contribution in [2.75, 3.05) is 12.4 Å². The van der Waals surface area contributed by atoms with Crippen molar-refractivity contribution in [2.24, 2.45) is 0 Å². The number of aromatic amines is 1. The molecular formula is C20H34N2O5S. The zero-order valence-corrected chi connectivity index (χ0v) is 17.5. The summed E-state index contributed by atoms with van der Waals surface area (Å²) in [5.41, 5.74) is 1.08.